The maximum Gasteiger partial charge on any atom is 0.238 e. The van der Waals surface area contributed by atoms with Crippen molar-refractivity contribution in [2.75, 3.05) is 38.6 Å². The Bertz CT molecular complexity index is 864. The third-order valence-corrected chi connectivity index (χ3v) is 4.67. The van der Waals surface area contributed by atoms with Crippen molar-refractivity contribution in [3.63, 3.8) is 0 Å². The van der Waals surface area contributed by atoms with Gasteiger partial charge in [0.05, 0.1) is 19.6 Å². The monoisotopic (exact) mass is 397 g/mol. The van der Waals surface area contributed by atoms with Gasteiger partial charge in [-0.25, -0.2) is 0 Å². The van der Waals surface area contributed by atoms with Crippen LogP contribution < -0.4 is 20.1 Å². The third kappa shape index (κ3) is 5.71. The smallest absolute Gasteiger partial charge is 0.238 e. The SMILES string of the molecule is Cc1cccc(C)c1NC(=O)CN(C)CC(=O)NC[C@H]1COc2ccccc2O1. The normalized spacial score (nSPS) is 15.1. The number of hydrogen-bond acceptors (Lipinski definition) is 5. The Hall–Kier alpha value is -3.06. The van der Waals surface area contributed by atoms with Crippen LogP contribution in [-0.4, -0.2) is 56.1 Å². The molecule has 29 heavy (non-hydrogen) atoms. The Balaban J connectivity index is 1.41. The number of benzene rings is 2. The van der Waals surface area contributed by atoms with E-state index in [1.807, 2.05) is 56.3 Å². The molecule has 0 aliphatic carbocycles. The van der Waals surface area contributed by atoms with Crippen LogP contribution in [0.15, 0.2) is 42.5 Å². The van der Waals surface area contributed by atoms with E-state index >= 15 is 0 Å². The van der Waals surface area contributed by atoms with Gasteiger partial charge in [0.1, 0.15) is 12.7 Å². The number of fused-ring (bicyclic) bond motifs is 1. The van der Waals surface area contributed by atoms with Crippen molar-refractivity contribution in [2.24, 2.45) is 0 Å². The highest BCUT2D eigenvalue weighted by molar-refractivity contribution is 5.94. The van der Waals surface area contributed by atoms with Crippen molar-refractivity contribution in [1.29, 1.82) is 0 Å². The second kappa shape index (κ2) is 9.43. The first kappa shape index (κ1) is 20.7. The standard InChI is InChI=1S/C22H27N3O4/c1-15-7-6-8-16(2)22(15)24-21(27)13-25(3)12-20(26)23-11-17-14-28-18-9-4-5-10-19(18)29-17/h4-10,17H,11-14H2,1-3H3,(H,23,26)(H,24,27)/t17-/m0/s1. The lowest BCUT2D eigenvalue weighted by molar-refractivity contribution is -0.123. The predicted molar refractivity (Wildman–Crippen MR) is 111 cm³/mol. The van der Waals surface area contributed by atoms with E-state index in [1.165, 1.54) is 0 Å². The Morgan fingerprint density at radius 2 is 1.66 bits per heavy atom. The van der Waals surface area contributed by atoms with Gasteiger partial charge in [0.25, 0.3) is 0 Å². The van der Waals surface area contributed by atoms with Crippen LogP contribution in [0.3, 0.4) is 0 Å². The van der Waals surface area contributed by atoms with Gasteiger partial charge >= 0.3 is 0 Å². The fraction of sp³-hybridized carbons (Fsp3) is 0.364. The van der Waals surface area contributed by atoms with Crippen LogP contribution in [0, 0.1) is 13.8 Å². The van der Waals surface area contributed by atoms with Crippen molar-refractivity contribution >= 4 is 17.5 Å². The fourth-order valence-corrected chi connectivity index (χ4v) is 3.18. The van der Waals surface area contributed by atoms with Gasteiger partial charge in [-0.3, -0.25) is 14.5 Å². The summed E-state index contributed by atoms with van der Waals surface area (Å²) in [6.45, 7) is 4.87. The van der Waals surface area contributed by atoms with Crippen LogP contribution in [0.2, 0.25) is 0 Å². The molecule has 0 saturated carbocycles. The molecular weight excluding hydrogens is 370 g/mol. The second-order valence-corrected chi connectivity index (χ2v) is 7.29. The highest BCUT2D eigenvalue weighted by atomic mass is 16.6. The summed E-state index contributed by atoms with van der Waals surface area (Å²) in [6.07, 6.45) is -0.244. The molecule has 0 spiro atoms. The number of nitrogens with one attached hydrogen (secondary N) is 2. The van der Waals surface area contributed by atoms with E-state index in [0.717, 1.165) is 16.8 Å². The first-order valence-corrected chi connectivity index (χ1v) is 9.62. The zero-order valence-electron chi connectivity index (χ0n) is 17.0. The van der Waals surface area contributed by atoms with Gasteiger partial charge in [0, 0.05) is 5.69 Å². The van der Waals surface area contributed by atoms with E-state index in [-0.39, 0.29) is 31.0 Å². The largest absolute Gasteiger partial charge is 0.486 e. The molecule has 2 amide bonds. The summed E-state index contributed by atoms with van der Waals surface area (Å²) in [4.78, 5) is 26.2. The number of likely N-dealkylation sites (N-methyl/N-ethyl adjacent to an activating group) is 1. The van der Waals surface area contributed by atoms with E-state index in [9.17, 15) is 9.59 Å². The Morgan fingerprint density at radius 1 is 1.00 bits per heavy atom. The number of carbonyl (C=O) groups is 2. The van der Waals surface area contributed by atoms with Gasteiger partial charge in [0.2, 0.25) is 11.8 Å². The van der Waals surface area contributed by atoms with E-state index in [2.05, 4.69) is 10.6 Å². The summed E-state index contributed by atoms with van der Waals surface area (Å²) in [5.74, 6) is 1.07. The molecule has 0 fully saturated rings. The number of carbonyl (C=O) groups excluding carboxylic acids is 2. The number of amides is 2. The van der Waals surface area contributed by atoms with Crippen LogP contribution in [0.5, 0.6) is 11.5 Å². The first-order valence-electron chi connectivity index (χ1n) is 9.62. The van der Waals surface area contributed by atoms with Crippen LogP contribution in [-0.2, 0) is 9.59 Å². The molecule has 0 radical (unpaired) electrons. The summed E-state index contributed by atoms with van der Waals surface area (Å²) in [7, 11) is 1.74. The maximum atomic E-state index is 12.3. The van der Waals surface area contributed by atoms with Gasteiger partial charge in [0.15, 0.2) is 11.5 Å². The van der Waals surface area contributed by atoms with Crippen LogP contribution in [0.4, 0.5) is 5.69 Å². The number of anilines is 1. The highest BCUT2D eigenvalue weighted by Gasteiger charge is 2.21. The molecule has 154 valence electrons. The topological polar surface area (TPSA) is 79.9 Å². The molecule has 2 aromatic rings. The molecule has 0 bridgehead atoms. The van der Waals surface area contributed by atoms with Crippen LogP contribution in [0.25, 0.3) is 0 Å². The summed E-state index contributed by atoms with van der Waals surface area (Å²) >= 11 is 0. The molecule has 2 N–H and O–H groups in total. The van der Waals surface area contributed by atoms with E-state index in [4.69, 9.17) is 9.47 Å². The fourth-order valence-electron chi connectivity index (χ4n) is 3.18. The maximum absolute atomic E-state index is 12.3. The minimum atomic E-state index is -0.244. The quantitative estimate of drug-likeness (QED) is 0.748. The zero-order valence-corrected chi connectivity index (χ0v) is 17.0. The molecular formula is C22H27N3O4. The summed E-state index contributed by atoms with van der Waals surface area (Å²) in [5, 5.41) is 5.76. The number of aryl methyl sites for hydroxylation is 2. The number of para-hydroxylation sites is 3. The average molecular weight is 397 g/mol. The van der Waals surface area contributed by atoms with Crippen molar-refractivity contribution in [2.45, 2.75) is 20.0 Å². The Labute approximate surface area is 171 Å². The van der Waals surface area contributed by atoms with Crippen LogP contribution in [0.1, 0.15) is 11.1 Å². The molecule has 1 atom stereocenters. The number of rotatable bonds is 7. The molecule has 7 heteroatoms. The molecule has 0 unspecified atom stereocenters. The van der Waals surface area contributed by atoms with E-state index < -0.39 is 0 Å². The molecule has 1 heterocycles. The van der Waals surface area contributed by atoms with Crippen molar-refractivity contribution in [3.05, 3.63) is 53.6 Å². The van der Waals surface area contributed by atoms with E-state index in [0.29, 0.717) is 24.7 Å². The van der Waals surface area contributed by atoms with Gasteiger partial charge in [-0.1, -0.05) is 30.3 Å². The molecule has 7 nitrogen and oxygen atoms in total. The van der Waals surface area contributed by atoms with Gasteiger partial charge in [-0.05, 0) is 44.2 Å². The van der Waals surface area contributed by atoms with E-state index in [1.54, 1.807) is 11.9 Å². The zero-order chi connectivity index (χ0) is 20.8. The first-order chi connectivity index (χ1) is 13.9. The molecule has 2 aromatic carbocycles. The Morgan fingerprint density at radius 3 is 2.38 bits per heavy atom. The number of ether oxygens (including phenoxy) is 2. The predicted octanol–water partition coefficient (Wildman–Crippen LogP) is 2.13. The molecule has 3 rings (SSSR count). The third-order valence-electron chi connectivity index (χ3n) is 4.67. The molecule has 1 aliphatic heterocycles. The van der Waals surface area contributed by atoms with Gasteiger partial charge in [-0.2, -0.15) is 0 Å². The lowest BCUT2D eigenvalue weighted by atomic mass is 10.1. The summed E-state index contributed by atoms with van der Waals surface area (Å²) < 4.78 is 11.5. The Kier molecular flexibility index (Phi) is 6.72. The lowest BCUT2D eigenvalue weighted by Crippen LogP contribution is -2.44. The lowest BCUT2D eigenvalue weighted by Gasteiger charge is -2.26. The van der Waals surface area contributed by atoms with Gasteiger partial charge in [-0.15, -0.1) is 0 Å². The highest BCUT2D eigenvalue weighted by Crippen LogP contribution is 2.30. The van der Waals surface area contributed by atoms with Crippen molar-refractivity contribution in [1.82, 2.24) is 10.2 Å². The molecule has 0 aromatic heterocycles. The summed E-state index contributed by atoms with van der Waals surface area (Å²) in [6, 6.07) is 13.3. The van der Waals surface area contributed by atoms with Crippen LogP contribution >= 0.6 is 0 Å². The average Bonchev–Trinajstić information content (AvgIpc) is 2.69. The van der Waals surface area contributed by atoms with Crippen molar-refractivity contribution < 1.29 is 19.1 Å². The van der Waals surface area contributed by atoms with Crippen molar-refractivity contribution in [3.8, 4) is 11.5 Å². The number of hydrogen-bond donors (Lipinski definition) is 2. The number of nitrogens with zero attached hydrogens (tertiary/aromatic N) is 1. The molecule has 1 aliphatic rings. The summed E-state index contributed by atoms with van der Waals surface area (Å²) in [5.41, 5.74) is 2.84. The second-order valence-electron chi connectivity index (χ2n) is 7.29. The molecule has 0 saturated heterocycles. The minimum Gasteiger partial charge on any atom is -0.486 e. The minimum absolute atomic E-state index is 0.115. The van der Waals surface area contributed by atoms with Gasteiger partial charge < -0.3 is 20.1 Å².